The van der Waals surface area contributed by atoms with Crippen LogP contribution in [0.15, 0.2) is 36.0 Å². The molecule has 3 rings (SSSR count). The van der Waals surface area contributed by atoms with Crippen molar-refractivity contribution in [1.29, 1.82) is 0 Å². The second-order valence-electron chi connectivity index (χ2n) is 4.98. The van der Waals surface area contributed by atoms with Gasteiger partial charge in [-0.1, -0.05) is 0 Å². The van der Waals surface area contributed by atoms with Crippen LogP contribution >= 0.6 is 11.3 Å². The highest BCUT2D eigenvalue weighted by molar-refractivity contribution is 7.13. The summed E-state index contributed by atoms with van der Waals surface area (Å²) in [6.07, 6.45) is 3.25. The average molecular weight is 372 g/mol. The third-order valence-corrected chi connectivity index (χ3v) is 4.25. The Morgan fingerprint density at radius 1 is 1.04 bits per heavy atom. The first-order chi connectivity index (χ1) is 12.7. The smallest absolute Gasteiger partial charge is 0.275 e. The first kappa shape index (κ1) is 17.6. The van der Waals surface area contributed by atoms with Gasteiger partial charge >= 0.3 is 0 Å². The molecule has 3 aromatic rings. The fraction of sp³-hybridized carbons (Fsp3) is 0.176. The van der Waals surface area contributed by atoms with Crippen LogP contribution in [0.5, 0.6) is 17.2 Å². The summed E-state index contributed by atoms with van der Waals surface area (Å²) in [7, 11) is 4.53. The number of nitrogens with zero attached hydrogens (tertiary/aromatic N) is 3. The predicted molar refractivity (Wildman–Crippen MR) is 97.2 cm³/mol. The molecular weight excluding hydrogens is 356 g/mol. The molecule has 2 heterocycles. The van der Waals surface area contributed by atoms with E-state index < -0.39 is 0 Å². The molecule has 8 nitrogen and oxygen atoms in total. The molecule has 0 radical (unpaired) electrons. The van der Waals surface area contributed by atoms with Gasteiger partial charge in [-0.25, -0.2) is 15.0 Å². The lowest BCUT2D eigenvalue weighted by molar-refractivity contribution is 0.102. The Balaban J connectivity index is 1.83. The molecule has 1 amide bonds. The van der Waals surface area contributed by atoms with Crippen molar-refractivity contribution in [2.75, 3.05) is 26.6 Å². The van der Waals surface area contributed by atoms with Crippen LogP contribution in [0.2, 0.25) is 0 Å². The molecule has 26 heavy (non-hydrogen) atoms. The van der Waals surface area contributed by atoms with E-state index >= 15 is 0 Å². The fourth-order valence-corrected chi connectivity index (χ4v) is 2.98. The number of thiazole rings is 1. The fourth-order valence-electron chi connectivity index (χ4n) is 2.24. The lowest BCUT2D eigenvalue weighted by atomic mass is 10.2. The van der Waals surface area contributed by atoms with E-state index in [1.807, 2.05) is 0 Å². The lowest BCUT2D eigenvalue weighted by Crippen LogP contribution is -2.12. The average Bonchev–Trinajstić information content (AvgIpc) is 3.18. The van der Waals surface area contributed by atoms with Crippen molar-refractivity contribution in [3.05, 3.63) is 41.7 Å². The normalized spacial score (nSPS) is 10.3. The van der Waals surface area contributed by atoms with Gasteiger partial charge in [0, 0.05) is 35.6 Å². The van der Waals surface area contributed by atoms with Crippen LogP contribution in [0.25, 0.3) is 10.8 Å². The number of carbonyl (C=O) groups is 1. The number of ether oxygens (including phenoxy) is 3. The van der Waals surface area contributed by atoms with Crippen molar-refractivity contribution in [3.8, 4) is 28.1 Å². The topological polar surface area (TPSA) is 95.5 Å². The minimum Gasteiger partial charge on any atom is -0.493 e. The van der Waals surface area contributed by atoms with E-state index in [4.69, 9.17) is 14.2 Å². The van der Waals surface area contributed by atoms with Gasteiger partial charge in [0.2, 0.25) is 5.75 Å². The summed E-state index contributed by atoms with van der Waals surface area (Å²) < 4.78 is 15.8. The first-order valence-corrected chi connectivity index (χ1v) is 8.38. The molecule has 134 valence electrons. The minimum absolute atomic E-state index is 0.270. The van der Waals surface area contributed by atoms with Gasteiger partial charge in [-0.05, 0) is 6.07 Å². The SMILES string of the molecule is COc1cc(NC(=O)c2csc(-c3ncccn3)n2)cc(OC)c1OC. The van der Waals surface area contributed by atoms with Crippen LogP contribution in [0.3, 0.4) is 0 Å². The number of methoxy groups -OCH3 is 3. The monoisotopic (exact) mass is 372 g/mol. The number of nitrogens with one attached hydrogen (secondary N) is 1. The quantitative estimate of drug-likeness (QED) is 0.711. The second kappa shape index (κ2) is 7.79. The number of rotatable bonds is 6. The zero-order chi connectivity index (χ0) is 18.5. The highest BCUT2D eigenvalue weighted by Gasteiger charge is 2.17. The Kier molecular flexibility index (Phi) is 5.28. The summed E-state index contributed by atoms with van der Waals surface area (Å²) in [5.41, 5.74) is 0.765. The van der Waals surface area contributed by atoms with E-state index in [1.165, 1.54) is 32.7 Å². The highest BCUT2D eigenvalue weighted by Crippen LogP contribution is 2.40. The molecule has 0 saturated heterocycles. The van der Waals surface area contributed by atoms with E-state index in [0.29, 0.717) is 33.8 Å². The maximum Gasteiger partial charge on any atom is 0.275 e. The molecule has 1 N–H and O–H groups in total. The molecule has 0 aliphatic rings. The van der Waals surface area contributed by atoms with Crippen molar-refractivity contribution in [2.45, 2.75) is 0 Å². The predicted octanol–water partition coefficient (Wildman–Crippen LogP) is 2.88. The molecule has 2 aromatic heterocycles. The summed E-state index contributed by atoms with van der Waals surface area (Å²) in [6.45, 7) is 0. The van der Waals surface area contributed by atoms with Gasteiger partial charge in [-0.3, -0.25) is 4.79 Å². The maximum absolute atomic E-state index is 12.5. The third-order valence-electron chi connectivity index (χ3n) is 3.42. The van der Waals surface area contributed by atoms with Crippen molar-refractivity contribution in [3.63, 3.8) is 0 Å². The molecule has 9 heteroatoms. The van der Waals surface area contributed by atoms with E-state index in [0.717, 1.165) is 0 Å². The van der Waals surface area contributed by atoms with Crippen LogP contribution in [0.1, 0.15) is 10.5 Å². The van der Waals surface area contributed by atoms with Crippen LogP contribution in [0.4, 0.5) is 5.69 Å². The third kappa shape index (κ3) is 3.57. The summed E-state index contributed by atoms with van der Waals surface area (Å²) >= 11 is 1.30. The number of hydrogen-bond acceptors (Lipinski definition) is 8. The van der Waals surface area contributed by atoms with Crippen molar-refractivity contribution >= 4 is 22.9 Å². The highest BCUT2D eigenvalue weighted by atomic mass is 32.1. The van der Waals surface area contributed by atoms with Crippen LogP contribution in [-0.4, -0.2) is 42.2 Å². The van der Waals surface area contributed by atoms with Gasteiger partial charge in [-0.15, -0.1) is 11.3 Å². The molecule has 0 fully saturated rings. The van der Waals surface area contributed by atoms with E-state index in [1.54, 1.807) is 36.0 Å². The molecule has 1 aromatic carbocycles. The number of benzene rings is 1. The Morgan fingerprint density at radius 3 is 2.27 bits per heavy atom. The van der Waals surface area contributed by atoms with Crippen LogP contribution in [-0.2, 0) is 0 Å². The van der Waals surface area contributed by atoms with Crippen molar-refractivity contribution in [2.24, 2.45) is 0 Å². The Labute approximate surface area is 153 Å². The first-order valence-electron chi connectivity index (χ1n) is 7.50. The Hall–Kier alpha value is -3.20. The Morgan fingerprint density at radius 2 is 1.69 bits per heavy atom. The molecule has 0 spiro atoms. The standard InChI is InChI=1S/C17H16N4O4S/c1-23-12-7-10(8-13(24-2)14(12)25-3)20-16(22)11-9-26-17(21-11)15-18-5-4-6-19-15/h4-9H,1-3H3,(H,20,22). The summed E-state index contributed by atoms with van der Waals surface area (Å²) in [5, 5.41) is 4.99. The molecular formula is C17H16N4O4S. The summed E-state index contributed by atoms with van der Waals surface area (Å²) in [6, 6.07) is 5.01. The maximum atomic E-state index is 12.5. The largest absolute Gasteiger partial charge is 0.493 e. The summed E-state index contributed by atoms with van der Waals surface area (Å²) in [5.74, 6) is 1.45. The molecule has 0 atom stereocenters. The lowest BCUT2D eigenvalue weighted by Gasteiger charge is -2.14. The Bertz CT molecular complexity index is 889. The van der Waals surface area contributed by atoms with Gasteiger partial charge in [0.1, 0.15) is 5.69 Å². The number of amides is 1. The van der Waals surface area contributed by atoms with Crippen LogP contribution < -0.4 is 19.5 Å². The van der Waals surface area contributed by atoms with E-state index in [-0.39, 0.29) is 11.6 Å². The zero-order valence-electron chi connectivity index (χ0n) is 14.3. The van der Waals surface area contributed by atoms with Gasteiger partial charge < -0.3 is 19.5 Å². The van der Waals surface area contributed by atoms with Gasteiger partial charge in [0.15, 0.2) is 22.3 Å². The molecule has 0 bridgehead atoms. The molecule has 0 aliphatic heterocycles. The summed E-state index contributed by atoms with van der Waals surface area (Å²) in [4.78, 5) is 25.0. The molecule has 0 saturated carbocycles. The number of hydrogen-bond donors (Lipinski definition) is 1. The number of carbonyl (C=O) groups excluding carboxylic acids is 1. The van der Waals surface area contributed by atoms with Gasteiger partial charge in [0.05, 0.1) is 21.3 Å². The minimum atomic E-state index is -0.363. The van der Waals surface area contributed by atoms with Crippen molar-refractivity contribution < 1.29 is 19.0 Å². The molecule has 0 aliphatic carbocycles. The van der Waals surface area contributed by atoms with E-state index in [9.17, 15) is 4.79 Å². The van der Waals surface area contributed by atoms with Crippen LogP contribution in [0, 0.1) is 0 Å². The van der Waals surface area contributed by atoms with Gasteiger partial charge in [0.25, 0.3) is 5.91 Å². The van der Waals surface area contributed by atoms with E-state index in [2.05, 4.69) is 20.3 Å². The zero-order valence-corrected chi connectivity index (χ0v) is 15.2. The number of aromatic nitrogens is 3. The molecule has 0 unspecified atom stereocenters. The van der Waals surface area contributed by atoms with Gasteiger partial charge in [-0.2, -0.15) is 0 Å². The van der Waals surface area contributed by atoms with Crippen molar-refractivity contribution in [1.82, 2.24) is 15.0 Å². The number of anilines is 1. The second-order valence-corrected chi connectivity index (χ2v) is 5.84.